The first-order chi connectivity index (χ1) is 10.3. The van der Waals surface area contributed by atoms with Crippen LogP contribution in [0, 0.1) is 0 Å². The summed E-state index contributed by atoms with van der Waals surface area (Å²) in [6.07, 6.45) is 2.81. The lowest BCUT2D eigenvalue weighted by Crippen LogP contribution is -2.40. The number of carbonyl (C=O) groups is 1. The molecule has 1 saturated heterocycles. The maximum atomic E-state index is 12.3. The molecule has 0 spiro atoms. The molecule has 5 heteroatoms. The first-order valence-electron chi connectivity index (χ1n) is 8.53. The van der Waals surface area contributed by atoms with Gasteiger partial charge in [-0.05, 0) is 54.4 Å². The fraction of sp³-hybridized carbons (Fsp3) is 0.941. The molecule has 1 amide bonds. The van der Waals surface area contributed by atoms with Crippen molar-refractivity contribution >= 4 is 6.09 Å². The summed E-state index contributed by atoms with van der Waals surface area (Å²) in [7, 11) is 0. The highest BCUT2D eigenvalue weighted by Crippen LogP contribution is 2.20. The minimum atomic E-state index is -0.223. The number of likely N-dealkylation sites (tertiary alicyclic amines) is 1. The van der Waals surface area contributed by atoms with E-state index in [9.17, 15) is 4.79 Å². The topological polar surface area (TPSA) is 48.0 Å². The van der Waals surface area contributed by atoms with Gasteiger partial charge in [-0.2, -0.15) is 0 Å². The molecule has 0 aliphatic carbocycles. The van der Waals surface area contributed by atoms with E-state index in [0.29, 0.717) is 13.0 Å². The second kappa shape index (κ2) is 9.36. The summed E-state index contributed by atoms with van der Waals surface area (Å²) in [5.41, 5.74) is 0. The Morgan fingerprint density at radius 2 is 1.77 bits per heavy atom. The van der Waals surface area contributed by atoms with Gasteiger partial charge in [0.1, 0.15) is 6.10 Å². The van der Waals surface area contributed by atoms with E-state index in [0.717, 1.165) is 19.4 Å². The average molecular weight is 315 g/mol. The maximum absolute atomic E-state index is 12.3. The summed E-state index contributed by atoms with van der Waals surface area (Å²) in [6, 6.07) is 0.145. The smallest absolute Gasteiger partial charge is 0.410 e. The summed E-state index contributed by atoms with van der Waals surface area (Å²) in [5, 5.41) is 0. The van der Waals surface area contributed by atoms with Crippen molar-refractivity contribution in [2.75, 3.05) is 13.2 Å². The van der Waals surface area contributed by atoms with Crippen LogP contribution in [-0.4, -0.2) is 54.6 Å². The van der Waals surface area contributed by atoms with Crippen molar-refractivity contribution in [2.45, 2.75) is 91.3 Å². The van der Waals surface area contributed by atoms with Crippen molar-refractivity contribution in [1.29, 1.82) is 0 Å². The van der Waals surface area contributed by atoms with E-state index in [-0.39, 0.29) is 36.6 Å². The zero-order valence-electron chi connectivity index (χ0n) is 15.0. The molecule has 0 radical (unpaired) electrons. The molecule has 0 N–H and O–H groups in total. The zero-order valence-corrected chi connectivity index (χ0v) is 15.0. The standard InChI is InChI=1S/C17H33NO4/c1-12(2)20-11-16-8-7-9-18(16)17(19)22-15(6)10-14(5)21-13(3)4/h12-16H,7-11H2,1-6H3. The Bertz CT molecular complexity index is 333. The fourth-order valence-corrected chi connectivity index (χ4v) is 2.83. The molecule has 0 aromatic carbocycles. The molecule has 5 nitrogen and oxygen atoms in total. The first kappa shape index (κ1) is 19.2. The van der Waals surface area contributed by atoms with Crippen LogP contribution >= 0.6 is 0 Å². The Balaban J connectivity index is 2.39. The van der Waals surface area contributed by atoms with E-state index in [1.807, 2.05) is 46.4 Å². The van der Waals surface area contributed by atoms with Crippen molar-refractivity contribution in [3.8, 4) is 0 Å². The molecule has 1 fully saturated rings. The summed E-state index contributed by atoms with van der Waals surface area (Å²) in [5.74, 6) is 0. The SMILES string of the molecule is CC(C)OCC1CCCN1C(=O)OC(C)CC(C)OC(C)C. The largest absolute Gasteiger partial charge is 0.446 e. The van der Waals surface area contributed by atoms with Gasteiger partial charge in [-0.1, -0.05) is 0 Å². The van der Waals surface area contributed by atoms with Crippen molar-refractivity contribution in [3.05, 3.63) is 0 Å². The van der Waals surface area contributed by atoms with Gasteiger partial charge in [0.2, 0.25) is 0 Å². The lowest BCUT2D eigenvalue weighted by molar-refractivity contribution is -0.0193. The predicted octanol–water partition coefficient (Wildman–Crippen LogP) is 3.60. The zero-order chi connectivity index (χ0) is 16.7. The van der Waals surface area contributed by atoms with Crippen LogP contribution in [0.3, 0.4) is 0 Å². The highest BCUT2D eigenvalue weighted by molar-refractivity contribution is 5.68. The van der Waals surface area contributed by atoms with Gasteiger partial charge in [0.05, 0.1) is 31.0 Å². The van der Waals surface area contributed by atoms with Gasteiger partial charge in [0, 0.05) is 13.0 Å². The van der Waals surface area contributed by atoms with Crippen LogP contribution < -0.4 is 0 Å². The molecular weight excluding hydrogens is 282 g/mol. The van der Waals surface area contributed by atoms with Crippen LogP contribution in [0.1, 0.15) is 60.8 Å². The molecule has 0 aromatic rings. The van der Waals surface area contributed by atoms with Crippen LogP contribution in [0.15, 0.2) is 0 Å². The van der Waals surface area contributed by atoms with E-state index < -0.39 is 0 Å². The van der Waals surface area contributed by atoms with Gasteiger partial charge >= 0.3 is 6.09 Å². The number of ether oxygens (including phenoxy) is 3. The minimum Gasteiger partial charge on any atom is -0.446 e. The van der Waals surface area contributed by atoms with Gasteiger partial charge < -0.3 is 19.1 Å². The van der Waals surface area contributed by atoms with E-state index in [1.165, 1.54) is 0 Å². The van der Waals surface area contributed by atoms with Crippen LogP contribution in [0.25, 0.3) is 0 Å². The van der Waals surface area contributed by atoms with Crippen molar-refractivity contribution in [3.63, 3.8) is 0 Å². The molecule has 3 atom stereocenters. The average Bonchev–Trinajstić information content (AvgIpc) is 2.82. The van der Waals surface area contributed by atoms with E-state index in [4.69, 9.17) is 14.2 Å². The highest BCUT2D eigenvalue weighted by Gasteiger charge is 2.31. The molecule has 1 aliphatic heterocycles. The summed E-state index contributed by atoms with van der Waals surface area (Å²) in [4.78, 5) is 14.1. The lowest BCUT2D eigenvalue weighted by atomic mass is 10.2. The Morgan fingerprint density at radius 3 is 2.36 bits per heavy atom. The quantitative estimate of drug-likeness (QED) is 0.686. The van der Waals surface area contributed by atoms with Crippen LogP contribution in [0.5, 0.6) is 0 Å². The third-order valence-electron chi connectivity index (χ3n) is 3.70. The van der Waals surface area contributed by atoms with Crippen LogP contribution in [0.4, 0.5) is 4.79 Å². The van der Waals surface area contributed by atoms with Gasteiger partial charge in [-0.15, -0.1) is 0 Å². The van der Waals surface area contributed by atoms with Crippen molar-refractivity contribution < 1.29 is 19.0 Å². The van der Waals surface area contributed by atoms with Gasteiger partial charge in [-0.3, -0.25) is 0 Å². The first-order valence-corrected chi connectivity index (χ1v) is 8.53. The maximum Gasteiger partial charge on any atom is 0.410 e. The Morgan fingerprint density at radius 1 is 1.09 bits per heavy atom. The number of hydrogen-bond acceptors (Lipinski definition) is 4. The Hall–Kier alpha value is -0.810. The molecule has 1 heterocycles. The van der Waals surface area contributed by atoms with Gasteiger partial charge in [-0.25, -0.2) is 4.79 Å². The number of hydrogen-bond donors (Lipinski definition) is 0. The van der Waals surface area contributed by atoms with E-state index >= 15 is 0 Å². The van der Waals surface area contributed by atoms with Crippen molar-refractivity contribution in [2.24, 2.45) is 0 Å². The van der Waals surface area contributed by atoms with Gasteiger partial charge in [0.25, 0.3) is 0 Å². The highest BCUT2D eigenvalue weighted by atomic mass is 16.6. The molecular formula is C17H33NO4. The summed E-state index contributed by atoms with van der Waals surface area (Å²) >= 11 is 0. The molecule has 0 saturated carbocycles. The summed E-state index contributed by atoms with van der Waals surface area (Å²) < 4.78 is 16.9. The van der Waals surface area contributed by atoms with E-state index in [2.05, 4.69) is 0 Å². The Kier molecular flexibility index (Phi) is 8.18. The van der Waals surface area contributed by atoms with Gasteiger partial charge in [0.15, 0.2) is 0 Å². The minimum absolute atomic E-state index is 0.0847. The lowest BCUT2D eigenvalue weighted by Gasteiger charge is -2.27. The predicted molar refractivity (Wildman–Crippen MR) is 87.1 cm³/mol. The second-order valence-corrected chi connectivity index (χ2v) is 6.80. The number of carbonyl (C=O) groups excluding carboxylic acids is 1. The van der Waals surface area contributed by atoms with Crippen LogP contribution in [-0.2, 0) is 14.2 Å². The number of nitrogens with zero attached hydrogens (tertiary/aromatic N) is 1. The molecule has 3 unspecified atom stereocenters. The molecule has 0 bridgehead atoms. The second-order valence-electron chi connectivity index (χ2n) is 6.80. The third-order valence-corrected chi connectivity index (χ3v) is 3.70. The molecule has 1 rings (SSSR count). The monoisotopic (exact) mass is 315 g/mol. The Labute approximate surface area is 135 Å². The number of amides is 1. The molecule has 22 heavy (non-hydrogen) atoms. The molecule has 1 aliphatic rings. The van der Waals surface area contributed by atoms with Crippen LogP contribution in [0.2, 0.25) is 0 Å². The van der Waals surface area contributed by atoms with Crippen molar-refractivity contribution in [1.82, 2.24) is 4.90 Å². The fourth-order valence-electron chi connectivity index (χ4n) is 2.83. The summed E-state index contributed by atoms with van der Waals surface area (Å²) in [6.45, 7) is 13.3. The van der Waals surface area contributed by atoms with E-state index in [1.54, 1.807) is 0 Å². The number of rotatable bonds is 8. The molecule has 130 valence electrons. The molecule has 0 aromatic heterocycles. The third kappa shape index (κ3) is 6.97. The normalized spacial score (nSPS) is 21.5.